The number of rotatable bonds is 0. The summed E-state index contributed by atoms with van der Waals surface area (Å²) in [6.45, 7) is 0.497. The van der Waals surface area contributed by atoms with Crippen molar-refractivity contribution in [3.63, 3.8) is 0 Å². The Labute approximate surface area is 80.4 Å². The van der Waals surface area contributed by atoms with Crippen molar-refractivity contribution < 1.29 is 9.13 Å². The number of halogens is 2. The van der Waals surface area contributed by atoms with Gasteiger partial charge in [0, 0.05) is 18.0 Å². The summed E-state index contributed by atoms with van der Waals surface area (Å²) in [7, 11) is 0. The normalized spacial score (nSPS) is 20.7. The van der Waals surface area contributed by atoms with Gasteiger partial charge in [-0.3, -0.25) is 0 Å². The number of hydrogen-bond donors (Lipinski definition) is 1. The first-order valence-corrected chi connectivity index (χ1v) is 4.44. The van der Waals surface area contributed by atoms with Crippen molar-refractivity contribution in [3.05, 3.63) is 28.5 Å². The molecule has 13 heavy (non-hydrogen) atoms. The van der Waals surface area contributed by atoms with Gasteiger partial charge in [0.25, 0.3) is 0 Å². The van der Waals surface area contributed by atoms with Crippen molar-refractivity contribution in [2.45, 2.75) is 12.5 Å². The molecule has 0 amide bonds. The SMILES string of the molecule is N[C@@H]1CCOc2c1ccc(F)c2Cl. The Morgan fingerprint density at radius 3 is 3.08 bits per heavy atom. The van der Waals surface area contributed by atoms with Gasteiger partial charge >= 0.3 is 0 Å². The molecule has 0 aromatic heterocycles. The fourth-order valence-electron chi connectivity index (χ4n) is 1.43. The molecule has 70 valence electrons. The Morgan fingerprint density at radius 1 is 1.54 bits per heavy atom. The number of benzene rings is 1. The molecule has 4 heteroatoms. The van der Waals surface area contributed by atoms with Crippen LogP contribution in [0.5, 0.6) is 5.75 Å². The first kappa shape index (κ1) is 8.78. The molecular formula is C9H9ClFNO. The zero-order chi connectivity index (χ0) is 9.42. The number of fused-ring (bicyclic) bond motifs is 1. The van der Waals surface area contributed by atoms with E-state index >= 15 is 0 Å². The third-order valence-corrected chi connectivity index (χ3v) is 2.51. The van der Waals surface area contributed by atoms with Gasteiger partial charge in [-0.15, -0.1) is 0 Å². The summed E-state index contributed by atoms with van der Waals surface area (Å²) in [5, 5.41) is 0.0349. The molecule has 0 bridgehead atoms. The Bertz CT molecular complexity index is 343. The van der Waals surface area contributed by atoms with Gasteiger partial charge in [0.2, 0.25) is 0 Å². The topological polar surface area (TPSA) is 35.2 Å². The smallest absolute Gasteiger partial charge is 0.145 e. The second-order valence-electron chi connectivity index (χ2n) is 3.02. The van der Waals surface area contributed by atoms with E-state index in [1.54, 1.807) is 6.07 Å². The highest BCUT2D eigenvalue weighted by atomic mass is 35.5. The van der Waals surface area contributed by atoms with Crippen LogP contribution in [0.3, 0.4) is 0 Å². The van der Waals surface area contributed by atoms with Crippen LogP contribution in [0.4, 0.5) is 4.39 Å². The maximum atomic E-state index is 13.0. The van der Waals surface area contributed by atoms with Crippen LogP contribution in [0, 0.1) is 5.82 Å². The number of nitrogens with two attached hydrogens (primary N) is 1. The lowest BCUT2D eigenvalue weighted by molar-refractivity contribution is 0.267. The molecule has 2 nitrogen and oxygen atoms in total. The summed E-state index contributed by atoms with van der Waals surface area (Å²) >= 11 is 5.72. The quantitative estimate of drug-likeness (QED) is 0.699. The van der Waals surface area contributed by atoms with Crippen molar-refractivity contribution in [3.8, 4) is 5.75 Å². The highest BCUT2D eigenvalue weighted by Gasteiger charge is 2.22. The molecule has 0 radical (unpaired) electrons. The number of ether oxygens (including phenoxy) is 1. The fraction of sp³-hybridized carbons (Fsp3) is 0.333. The molecule has 1 aliphatic rings. The van der Waals surface area contributed by atoms with Crippen molar-refractivity contribution in [2.75, 3.05) is 6.61 Å². The Balaban J connectivity index is 2.56. The van der Waals surface area contributed by atoms with Gasteiger partial charge in [-0.1, -0.05) is 17.7 Å². The average molecular weight is 202 g/mol. The minimum atomic E-state index is -0.463. The molecule has 0 aliphatic carbocycles. The second kappa shape index (κ2) is 3.16. The maximum Gasteiger partial charge on any atom is 0.145 e. The minimum Gasteiger partial charge on any atom is -0.491 e. The van der Waals surface area contributed by atoms with Crippen molar-refractivity contribution in [1.82, 2.24) is 0 Å². The molecule has 2 rings (SSSR count). The van der Waals surface area contributed by atoms with Crippen LogP contribution >= 0.6 is 11.6 Å². The highest BCUT2D eigenvalue weighted by molar-refractivity contribution is 6.32. The van der Waals surface area contributed by atoms with Crippen molar-refractivity contribution in [2.24, 2.45) is 5.73 Å². The fourth-order valence-corrected chi connectivity index (χ4v) is 1.66. The summed E-state index contributed by atoms with van der Waals surface area (Å²) in [6.07, 6.45) is 0.745. The van der Waals surface area contributed by atoms with Crippen LogP contribution in [0.15, 0.2) is 12.1 Å². The molecule has 1 atom stereocenters. The minimum absolute atomic E-state index is 0.0349. The van der Waals surface area contributed by atoms with E-state index in [9.17, 15) is 4.39 Å². The molecule has 0 saturated heterocycles. The predicted molar refractivity (Wildman–Crippen MR) is 48.5 cm³/mol. The molecule has 1 aliphatic heterocycles. The maximum absolute atomic E-state index is 13.0. The van der Waals surface area contributed by atoms with Gasteiger partial charge in [0.15, 0.2) is 0 Å². The molecule has 0 unspecified atom stereocenters. The summed E-state index contributed by atoms with van der Waals surface area (Å²) < 4.78 is 18.2. The third-order valence-electron chi connectivity index (χ3n) is 2.16. The van der Waals surface area contributed by atoms with Gasteiger partial charge in [-0.25, -0.2) is 4.39 Å². The van der Waals surface area contributed by atoms with Crippen LogP contribution in [0.2, 0.25) is 5.02 Å². The van der Waals surface area contributed by atoms with Gasteiger partial charge in [0.1, 0.15) is 16.6 Å². The lowest BCUT2D eigenvalue weighted by Crippen LogP contribution is -2.20. The van der Waals surface area contributed by atoms with Gasteiger partial charge in [-0.05, 0) is 6.07 Å². The second-order valence-corrected chi connectivity index (χ2v) is 3.40. The van der Waals surface area contributed by atoms with E-state index in [-0.39, 0.29) is 11.1 Å². The Kier molecular flexibility index (Phi) is 2.14. The standard InChI is InChI=1S/C9H9ClFNO/c10-8-6(11)2-1-5-7(12)3-4-13-9(5)8/h1-2,7H,3-4,12H2/t7-/m1/s1. The van der Waals surface area contributed by atoms with E-state index < -0.39 is 5.82 Å². The van der Waals surface area contributed by atoms with E-state index in [0.717, 1.165) is 12.0 Å². The Hall–Kier alpha value is -0.800. The first-order valence-electron chi connectivity index (χ1n) is 4.06. The Morgan fingerprint density at radius 2 is 2.31 bits per heavy atom. The van der Waals surface area contributed by atoms with E-state index in [0.29, 0.717) is 12.4 Å². The van der Waals surface area contributed by atoms with Crippen LogP contribution < -0.4 is 10.5 Å². The van der Waals surface area contributed by atoms with Crippen molar-refractivity contribution >= 4 is 11.6 Å². The van der Waals surface area contributed by atoms with Crippen LogP contribution in [-0.2, 0) is 0 Å². The predicted octanol–water partition coefficient (Wildman–Crippen LogP) is 2.26. The molecule has 1 aromatic rings. The monoisotopic (exact) mass is 201 g/mol. The molecule has 0 fully saturated rings. The third kappa shape index (κ3) is 1.38. The average Bonchev–Trinajstić information content (AvgIpc) is 2.12. The zero-order valence-electron chi connectivity index (χ0n) is 6.89. The van der Waals surface area contributed by atoms with E-state index in [4.69, 9.17) is 22.1 Å². The lowest BCUT2D eigenvalue weighted by Gasteiger charge is -2.23. The summed E-state index contributed by atoms with van der Waals surface area (Å²) in [4.78, 5) is 0. The largest absolute Gasteiger partial charge is 0.491 e. The summed E-state index contributed by atoms with van der Waals surface area (Å²) in [5.41, 5.74) is 6.59. The van der Waals surface area contributed by atoms with E-state index in [2.05, 4.69) is 0 Å². The molecule has 0 spiro atoms. The van der Waals surface area contributed by atoms with Crippen LogP contribution in [0.25, 0.3) is 0 Å². The molecule has 2 N–H and O–H groups in total. The van der Waals surface area contributed by atoms with Crippen LogP contribution in [-0.4, -0.2) is 6.61 Å². The first-order chi connectivity index (χ1) is 6.20. The van der Waals surface area contributed by atoms with Gasteiger partial charge in [0.05, 0.1) is 6.61 Å². The van der Waals surface area contributed by atoms with E-state index in [1.165, 1.54) is 6.07 Å². The van der Waals surface area contributed by atoms with Crippen molar-refractivity contribution in [1.29, 1.82) is 0 Å². The zero-order valence-corrected chi connectivity index (χ0v) is 7.64. The molecule has 1 aromatic carbocycles. The molecule has 0 saturated carbocycles. The highest BCUT2D eigenvalue weighted by Crippen LogP contribution is 2.37. The number of hydrogen-bond acceptors (Lipinski definition) is 2. The van der Waals surface area contributed by atoms with Gasteiger partial charge < -0.3 is 10.5 Å². The van der Waals surface area contributed by atoms with E-state index in [1.807, 2.05) is 0 Å². The summed E-state index contributed by atoms with van der Waals surface area (Å²) in [6, 6.07) is 2.85. The lowest BCUT2D eigenvalue weighted by atomic mass is 10.0. The summed E-state index contributed by atoms with van der Waals surface area (Å²) in [5.74, 6) is -0.0602. The van der Waals surface area contributed by atoms with Crippen LogP contribution in [0.1, 0.15) is 18.0 Å². The molecule has 1 heterocycles. The molecular weight excluding hydrogens is 193 g/mol. The van der Waals surface area contributed by atoms with Gasteiger partial charge in [-0.2, -0.15) is 0 Å².